The summed E-state index contributed by atoms with van der Waals surface area (Å²) in [5.41, 5.74) is 5.06. The third kappa shape index (κ3) is 3.31. The highest BCUT2D eigenvalue weighted by Crippen LogP contribution is 2.32. The molecular weight excluding hydrogens is 230 g/mol. The van der Waals surface area contributed by atoms with Gasteiger partial charge in [-0.3, -0.25) is 4.98 Å². The van der Waals surface area contributed by atoms with Gasteiger partial charge in [-0.1, -0.05) is 49.8 Å². The van der Waals surface area contributed by atoms with Crippen molar-refractivity contribution in [3.63, 3.8) is 0 Å². The van der Waals surface area contributed by atoms with Crippen LogP contribution in [-0.4, -0.2) is 4.98 Å². The lowest BCUT2D eigenvalue weighted by molar-refractivity contribution is 0.521. The summed E-state index contributed by atoms with van der Waals surface area (Å²) in [5.74, 6) is 0. The van der Waals surface area contributed by atoms with Crippen molar-refractivity contribution in [2.24, 2.45) is 0 Å². The molecule has 1 heterocycles. The molecule has 98 valence electrons. The molecule has 0 fully saturated rings. The lowest BCUT2D eigenvalue weighted by Gasteiger charge is -2.26. The van der Waals surface area contributed by atoms with Gasteiger partial charge in [0.05, 0.1) is 0 Å². The first-order chi connectivity index (χ1) is 8.99. The molecule has 0 saturated heterocycles. The van der Waals surface area contributed by atoms with Crippen LogP contribution in [0.25, 0.3) is 11.1 Å². The summed E-state index contributed by atoms with van der Waals surface area (Å²) >= 11 is 0. The van der Waals surface area contributed by atoms with Gasteiger partial charge in [0, 0.05) is 12.4 Å². The van der Waals surface area contributed by atoms with Crippen LogP contribution in [0.2, 0.25) is 0 Å². The first kappa shape index (κ1) is 13.5. The molecule has 0 spiro atoms. The average molecular weight is 251 g/mol. The first-order valence-electron chi connectivity index (χ1n) is 6.64. The van der Waals surface area contributed by atoms with Crippen LogP contribution in [0.3, 0.4) is 0 Å². The molecule has 0 aliphatic heterocycles. The molecule has 0 atom stereocenters. The van der Waals surface area contributed by atoms with Gasteiger partial charge < -0.3 is 0 Å². The highest BCUT2D eigenvalue weighted by atomic mass is 14.6. The van der Waals surface area contributed by atoms with Gasteiger partial charge in [0.15, 0.2) is 0 Å². The standard InChI is InChI=1S/C18H21N/c1-14(2)12-18(3,4)17-9-5-7-15(11-17)16-8-6-10-19-13-16/h5-11,13H,1,12H2,2-4H3. The Kier molecular flexibility index (Phi) is 3.84. The maximum absolute atomic E-state index is 4.19. The van der Waals surface area contributed by atoms with Crippen molar-refractivity contribution in [3.05, 3.63) is 66.5 Å². The summed E-state index contributed by atoms with van der Waals surface area (Å²) in [4.78, 5) is 4.19. The average Bonchev–Trinajstić information content (AvgIpc) is 2.38. The molecule has 0 saturated carbocycles. The smallest absolute Gasteiger partial charge is 0.0346 e. The maximum atomic E-state index is 4.19. The van der Waals surface area contributed by atoms with E-state index in [0.29, 0.717) is 0 Å². The van der Waals surface area contributed by atoms with Gasteiger partial charge in [-0.15, -0.1) is 6.58 Å². The summed E-state index contributed by atoms with van der Waals surface area (Å²) < 4.78 is 0. The van der Waals surface area contributed by atoms with Crippen molar-refractivity contribution in [1.82, 2.24) is 4.98 Å². The third-order valence-electron chi connectivity index (χ3n) is 3.38. The molecule has 1 aromatic carbocycles. The van der Waals surface area contributed by atoms with E-state index in [1.54, 1.807) is 6.20 Å². The number of nitrogens with zero attached hydrogens (tertiary/aromatic N) is 1. The van der Waals surface area contributed by atoms with Gasteiger partial charge in [0.25, 0.3) is 0 Å². The Balaban J connectivity index is 2.37. The van der Waals surface area contributed by atoms with Crippen LogP contribution in [0, 0.1) is 0 Å². The maximum Gasteiger partial charge on any atom is 0.0346 e. The van der Waals surface area contributed by atoms with Crippen LogP contribution in [0.1, 0.15) is 32.8 Å². The topological polar surface area (TPSA) is 12.9 Å². The Morgan fingerprint density at radius 2 is 1.89 bits per heavy atom. The lowest BCUT2D eigenvalue weighted by Crippen LogP contribution is -2.17. The summed E-state index contributed by atoms with van der Waals surface area (Å²) in [5, 5.41) is 0. The Morgan fingerprint density at radius 1 is 1.16 bits per heavy atom. The van der Waals surface area contributed by atoms with E-state index in [-0.39, 0.29) is 5.41 Å². The van der Waals surface area contributed by atoms with Gasteiger partial charge in [0.1, 0.15) is 0 Å². The summed E-state index contributed by atoms with van der Waals surface area (Å²) in [6.45, 7) is 10.7. The van der Waals surface area contributed by atoms with Crippen molar-refractivity contribution < 1.29 is 0 Å². The fraction of sp³-hybridized carbons (Fsp3) is 0.278. The quantitative estimate of drug-likeness (QED) is 0.697. The lowest BCUT2D eigenvalue weighted by atomic mass is 9.79. The van der Waals surface area contributed by atoms with E-state index < -0.39 is 0 Å². The fourth-order valence-corrected chi connectivity index (χ4v) is 2.51. The summed E-state index contributed by atoms with van der Waals surface area (Å²) in [7, 11) is 0. The Hall–Kier alpha value is -1.89. The van der Waals surface area contributed by atoms with Crippen LogP contribution >= 0.6 is 0 Å². The predicted octanol–water partition coefficient (Wildman–Crippen LogP) is 4.99. The molecular formula is C18H21N. The Bertz CT molecular complexity index is 567. The van der Waals surface area contributed by atoms with Crippen molar-refractivity contribution in [2.75, 3.05) is 0 Å². The zero-order valence-corrected chi connectivity index (χ0v) is 12.0. The fourth-order valence-electron chi connectivity index (χ4n) is 2.51. The highest BCUT2D eigenvalue weighted by molar-refractivity contribution is 5.63. The van der Waals surface area contributed by atoms with Gasteiger partial charge in [-0.05, 0) is 41.5 Å². The van der Waals surface area contributed by atoms with Crippen LogP contribution < -0.4 is 0 Å². The molecule has 0 amide bonds. The zero-order chi connectivity index (χ0) is 13.9. The number of rotatable bonds is 4. The Morgan fingerprint density at radius 3 is 2.53 bits per heavy atom. The number of allylic oxidation sites excluding steroid dienone is 1. The zero-order valence-electron chi connectivity index (χ0n) is 12.0. The molecule has 0 aliphatic rings. The van der Waals surface area contributed by atoms with E-state index in [2.05, 4.69) is 62.7 Å². The molecule has 2 aromatic rings. The second-order valence-electron chi connectivity index (χ2n) is 5.84. The van der Waals surface area contributed by atoms with E-state index in [1.165, 1.54) is 16.7 Å². The van der Waals surface area contributed by atoms with Crippen LogP contribution in [-0.2, 0) is 5.41 Å². The van der Waals surface area contributed by atoms with E-state index in [1.807, 2.05) is 12.3 Å². The van der Waals surface area contributed by atoms with E-state index in [4.69, 9.17) is 0 Å². The number of hydrogen-bond acceptors (Lipinski definition) is 1. The molecule has 0 bridgehead atoms. The molecule has 0 N–H and O–H groups in total. The van der Waals surface area contributed by atoms with Gasteiger partial charge in [-0.25, -0.2) is 0 Å². The minimum atomic E-state index is 0.115. The van der Waals surface area contributed by atoms with Crippen LogP contribution in [0.15, 0.2) is 60.9 Å². The van der Waals surface area contributed by atoms with E-state index in [0.717, 1.165) is 12.0 Å². The molecule has 0 unspecified atom stereocenters. The molecule has 1 heteroatoms. The molecule has 0 aliphatic carbocycles. The molecule has 1 nitrogen and oxygen atoms in total. The largest absolute Gasteiger partial charge is 0.264 e. The molecule has 19 heavy (non-hydrogen) atoms. The minimum absolute atomic E-state index is 0.115. The van der Waals surface area contributed by atoms with E-state index >= 15 is 0 Å². The van der Waals surface area contributed by atoms with Crippen molar-refractivity contribution >= 4 is 0 Å². The summed E-state index contributed by atoms with van der Waals surface area (Å²) in [6.07, 6.45) is 4.71. The van der Waals surface area contributed by atoms with Crippen LogP contribution in [0.4, 0.5) is 0 Å². The van der Waals surface area contributed by atoms with Crippen molar-refractivity contribution in [1.29, 1.82) is 0 Å². The van der Waals surface area contributed by atoms with Crippen LogP contribution in [0.5, 0.6) is 0 Å². The predicted molar refractivity (Wildman–Crippen MR) is 82.1 cm³/mol. The number of benzene rings is 1. The number of hydrogen-bond donors (Lipinski definition) is 0. The van der Waals surface area contributed by atoms with E-state index in [9.17, 15) is 0 Å². The van der Waals surface area contributed by atoms with Gasteiger partial charge in [-0.2, -0.15) is 0 Å². The summed E-state index contributed by atoms with van der Waals surface area (Å²) in [6, 6.07) is 12.8. The minimum Gasteiger partial charge on any atom is -0.264 e. The highest BCUT2D eigenvalue weighted by Gasteiger charge is 2.20. The monoisotopic (exact) mass is 251 g/mol. The van der Waals surface area contributed by atoms with Gasteiger partial charge >= 0.3 is 0 Å². The second kappa shape index (κ2) is 5.40. The SMILES string of the molecule is C=C(C)CC(C)(C)c1cccc(-c2cccnc2)c1. The van der Waals surface area contributed by atoms with Gasteiger partial charge in [0.2, 0.25) is 0 Å². The molecule has 1 aromatic heterocycles. The molecule has 2 rings (SSSR count). The normalized spacial score (nSPS) is 11.3. The number of pyridine rings is 1. The second-order valence-corrected chi connectivity index (χ2v) is 5.84. The Labute approximate surface area is 116 Å². The third-order valence-corrected chi connectivity index (χ3v) is 3.38. The number of aromatic nitrogens is 1. The van der Waals surface area contributed by atoms with Crippen molar-refractivity contribution in [3.8, 4) is 11.1 Å². The first-order valence-corrected chi connectivity index (χ1v) is 6.64. The molecule has 0 radical (unpaired) electrons. The van der Waals surface area contributed by atoms with Crippen molar-refractivity contribution in [2.45, 2.75) is 32.6 Å².